The Hall–Kier alpha value is -4.37. The summed E-state index contributed by atoms with van der Waals surface area (Å²) in [7, 11) is -2.20. The molecular formula is C28H27N3O5S. The molecule has 0 saturated heterocycles. The molecule has 0 fully saturated rings. The van der Waals surface area contributed by atoms with Gasteiger partial charge in [0.05, 0.1) is 4.90 Å². The maximum Gasteiger partial charge on any atom is 0.410 e. The van der Waals surface area contributed by atoms with E-state index >= 15 is 0 Å². The lowest BCUT2D eigenvalue weighted by atomic mass is 10.0. The van der Waals surface area contributed by atoms with Gasteiger partial charge < -0.3 is 15.0 Å². The first-order valence-electron chi connectivity index (χ1n) is 11.6. The van der Waals surface area contributed by atoms with Crippen molar-refractivity contribution in [2.24, 2.45) is 0 Å². The van der Waals surface area contributed by atoms with Gasteiger partial charge in [0.1, 0.15) is 13.2 Å². The smallest absolute Gasteiger partial charge is 0.410 e. The lowest BCUT2D eigenvalue weighted by molar-refractivity contribution is -0.121. The Morgan fingerprint density at radius 2 is 1.57 bits per heavy atom. The third kappa shape index (κ3) is 6.86. The van der Waals surface area contributed by atoms with Gasteiger partial charge in [-0.2, -0.15) is 0 Å². The monoisotopic (exact) mass is 517 g/mol. The van der Waals surface area contributed by atoms with Crippen LogP contribution < -0.4 is 10.0 Å². The molecule has 0 heterocycles. The fraction of sp³-hybridized carbons (Fsp3) is 0.143. The number of anilines is 1. The molecule has 4 aromatic carbocycles. The summed E-state index contributed by atoms with van der Waals surface area (Å²) in [6, 6.07) is 28.3. The summed E-state index contributed by atoms with van der Waals surface area (Å²) < 4.78 is 33.1. The summed E-state index contributed by atoms with van der Waals surface area (Å²) in [5, 5.41) is 4.52. The van der Waals surface area contributed by atoms with Crippen molar-refractivity contribution in [2.45, 2.75) is 18.0 Å². The van der Waals surface area contributed by atoms with Crippen LogP contribution in [0.15, 0.2) is 102 Å². The Morgan fingerprint density at radius 1 is 0.865 bits per heavy atom. The summed E-state index contributed by atoms with van der Waals surface area (Å²) in [5.74, 6) is -0.330. The number of nitrogens with zero attached hydrogens (tertiary/aromatic N) is 1. The summed E-state index contributed by atoms with van der Waals surface area (Å²) in [6.45, 7) is 0.229. The predicted octanol–water partition coefficient (Wildman–Crippen LogP) is 4.53. The van der Waals surface area contributed by atoms with Crippen LogP contribution in [-0.2, 0) is 32.7 Å². The van der Waals surface area contributed by atoms with E-state index in [9.17, 15) is 18.0 Å². The topological polar surface area (TPSA) is 105 Å². The first-order valence-corrected chi connectivity index (χ1v) is 13.1. The van der Waals surface area contributed by atoms with E-state index in [4.69, 9.17) is 4.74 Å². The first-order chi connectivity index (χ1) is 17.8. The second kappa shape index (κ2) is 11.6. The average molecular weight is 518 g/mol. The molecule has 9 heteroatoms. The van der Waals surface area contributed by atoms with E-state index in [1.165, 1.54) is 24.1 Å². The maximum absolute atomic E-state index is 12.6. The zero-order valence-electron chi connectivity index (χ0n) is 20.3. The van der Waals surface area contributed by atoms with E-state index in [0.29, 0.717) is 5.69 Å². The summed E-state index contributed by atoms with van der Waals surface area (Å²) >= 11 is 0. The number of fused-ring (bicyclic) bond motifs is 1. The van der Waals surface area contributed by atoms with Crippen molar-refractivity contribution in [1.82, 2.24) is 10.2 Å². The van der Waals surface area contributed by atoms with Gasteiger partial charge in [-0.05, 0) is 46.2 Å². The molecule has 0 aliphatic carbocycles. The molecule has 2 amide bonds. The van der Waals surface area contributed by atoms with Crippen LogP contribution in [-0.4, -0.2) is 38.9 Å². The van der Waals surface area contributed by atoms with Crippen molar-refractivity contribution in [1.29, 1.82) is 0 Å². The van der Waals surface area contributed by atoms with Crippen molar-refractivity contribution >= 4 is 38.5 Å². The highest BCUT2D eigenvalue weighted by Gasteiger charge is 2.16. The number of benzene rings is 4. The van der Waals surface area contributed by atoms with E-state index < -0.39 is 16.1 Å². The van der Waals surface area contributed by atoms with Gasteiger partial charge >= 0.3 is 6.09 Å². The molecular weight excluding hydrogens is 490 g/mol. The third-order valence-corrected chi connectivity index (χ3v) is 7.05. The van der Waals surface area contributed by atoms with Gasteiger partial charge in [-0.15, -0.1) is 0 Å². The Balaban J connectivity index is 1.34. The lowest BCUT2D eigenvalue weighted by Gasteiger charge is -2.17. The zero-order chi connectivity index (χ0) is 26.3. The number of hydrogen-bond donors (Lipinski definition) is 2. The highest BCUT2D eigenvalue weighted by molar-refractivity contribution is 7.92. The van der Waals surface area contributed by atoms with Crippen LogP contribution >= 0.6 is 0 Å². The summed E-state index contributed by atoms with van der Waals surface area (Å²) in [5.41, 5.74) is 2.16. The largest absolute Gasteiger partial charge is 0.445 e. The van der Waals surface area contributed by atoms with Gasteiger partial charge in [0.15, 0.2) is 0 Å². The number of likely N-dealkylation sites (N-methyl/N-ethyl adjacent to an activating group) is 1. The minimum atomic E-state index is -3.70. The van der Waals surface area contributed by atoms with Crippen LogP contribution in [0.25, 0.3) is 10.8 Å². The number of rotatable bonds is 9. The standard InChI is InChI=1S/C28H27N3O5S/c1-31(28(33)36-20-21-9-4-2-5-10-21)19-27(32)29-18-23-12-8-11-22-17-24(15-16-26(22)23)30-37(34,35)25-13-6-3-7-14-25/h2-17,30H,18-20H2,1H3,(H,29,32). The summed E-state index contributed by atoms with van der Waals surface area (Å²) in [6.07, 6.45) is -0.588. The van der Waals surface area contributed by atoms with E-state index in [2.05, 4.69) is 10.0 Å². The Labute approximate surface area is 215 Å². The molecule has 0 aromatic heterocycles. The molecule has 0 atom stereocenters. The molecule has 0 radical (unpaired) electrons. The van der Waals surface area contributed by atoms with Crippen LogP contribution in [0.1, 0.15) is 11.1 Å². The molecule has 37 heavy (non-hydrogen) atoms. The van der Waals surface area contributed by atoms with Crippen LogP contribution in [0, 0.1) is 0 Å². The molecule has 0 aliphatic heterocycles. The van der Waals surface area contributed by atoms with E-state index in [-0.39, 0.29) is 30.5 Å². The van der Waals surface area contributed by atoms with Crippen molar-refractivity contribution in [2.75, 3.05) is 18.3 Å². The quantitative estimate of drug-likeness (QED) is 0.340. The molecule has 0 bridgehead atoms. The Kier molecular flexibility index (Phi) is 8.05. The molecule has 4 aromatic rings. The van der Waals surface area contributed by atoms with Gasteiger partial charge in [0.2, 0.25) is 5.91 Å². The van der Waals surface area contributed by atoms with Crippen molar-refractivity contribution in [3.63, 3.8) is 0 Å². The van der Waals surface area contributed by atoms with Gasteiger partial charge in [-0.3, -0.25) is 9.52 Å². The number of amides is 2. The average Bonchev–Trinajstić information content (AvgIpc) is 2.91. The fourth-order valence-electron chi connectivity index (χ4n) is 3.74. The predicted molar refractivity (Wildman–Crippen MR) is 142 cm³/mol. The maximum atomic E-state index is 12.6. The summed E-state index contributed by atoms with van der Waals surface area (Å²) in [4.78, 5) is 26.0. The van der Waals surface area contributed by atoms with Crippen LogP contribution in [0.2, 0.25) is 0 Å². The SMILES string of the molecule is CN(CC(=O)NCc1cccc2cc(NS(=O)(=O)c3ccccc3)ccc12)C(=O)OCc1ccccc1. The highest BCUT2D eigenvalue weighted by atomic mass is 32.2. The van der Waals surface area contributed by atoms with Crippen LogP contribution in [0.4, 0.5) is 10.5 Å². The number of hydrogen-bond acceptors (Lipinski definition) is 5. The third-order valence-electron chi connectivity index (χ3n) is 5.65. The molecule has 0 saturated carbocycles. The zero-order valence-corrected chi connectivity index (χ0v) is 21.1. The number of carbonyl (C=O) groups excluding carboxylic acids is 2. The second-order valence-electron chi connectivity index (χ2n) is 8.44. The van der Waals surface area contributed by atoms with Gasteiger partial charge in [-0.1, -0.05) is 72.8 Å². The molecule has 2 N–H and O–H groups in total. The molecule has 0 aliphatic rings. The molecule has 0 unspecified atom stereocenters. The van der Waals surface area contributed by atoms with E-state index in [1.807, 2.05) is 54.6 Å². The molecule has 8 nitrogen and oxygen atoms in total. The van der Waals surface area contributed by atoms with Crippen LogP contribution in [0.5, 0.6) is 0 Å². The van der Waals surface area contributed by atoms with Crippen molar-refractivity contribution < 1.29 is 22.7 Å². The van der Waals surface area contributed by atoms with Gasteiger partial charge in [0.25, 0.3) is 10.0 Å². The van der Waals surface area contributed by atoms with Gasteiger partial charge in [-0.25, -0.2) is 13.2 Å². The first kappa shape index (κ1) is 25.7. The second-order valence-corrected chi connectivity index (χ2v) is 10.1. The lowest BCUT2D eigenvalue weighted by Crippen LogP contribution is -2.38. The number of ether oxygens (including phenoxy) is 1. The van der Waals surface area contributed by atoms with Gasteiger partial charge in [0, 0.05) is 19.3 Å². The molecule has 0 spiro atoms. The number of carbonyl (C=O) groups is 2. The molecule has 190 valence electrons. The Morgan fingerprint density at radius 3 is 2.30 bits per heavy atom. The van der Waals surface area contributed by atoms with Crippen molar-refractivity contribution in [3.8, 4) is 0 Å². The minimum Gasteiger partial charge on any atom is -0.445 e. The number of nitrogens with one attached hydrogen (secondary N) is 2. The molecule has 4 rings (SSSR count). The van der Waals surface area contributed by atoms with E-state index in [1.54, 1.807) is 30.3 Å². The minimum absolute atomic E-state index is 0.130. The normalized spacial score (nSPS) is 11.1. The van der Waals surface area contributed by atoms with Crippen molar-refractivity contribution in [3.05, 3.63) is 108 Å². The fourth-order valence-corrected chi connectivity index (χ4v) is 4.81. The highest BCUT2D eigenvalue weighted by Crippen LogP contribution is 2.24. The number of sulfonamides is 1. The van der Waals surface area contributed by atoms with E-state index in [0.717, 1.165) is 21.9 Å². The Bertz CT molecular complexity index is 1490. The van der Waals surface area contributed by atoms with Crippen LogP contribution in [0.3, 0.4) is 0 Å².